The third-order valence-electron chi connectivity index (χ3n) is 3.97. The van der Waals surface area contributed by atoms with Crippen LogP contribution in [0.3, 0.4) is 0 Å². The van der Waals surface area contributed by atoms with E-state index < -0.39 is 10.8 Å². The molecule has 1 N–H and O–H groups in total. The zero-order valence-corrected chi connectivity index (χ0v) is 16.5. The first-order valence-electron chi connectivity index (χ1n) is 8.67. The summed E-state index contributed by atoms with van der Waals surface area (Å²) in [6.45, 7) is 0. The Kier molecular flexibility index (Phi) is 6.61. The minimum Gasteiger partial charge on any atom is -0.493 e. The van der Waals surface area contributed by atoms with Crippen molar-refractivity contribution in [2.75, 3.05) is 7.11 Å². The van der Waals surface area contributed by atoms with Gasteiger partial charge in [0.2, 0.25) is 5.75 Å². The summed E-state index contributed by atoms with van der Waals surface area (Å²) in [7, 11) is 1.45. The van der Waals surface area contributed by atoms with Crippen LogP contribution in [0.25, 0.3) is 0 Å². The number of hydrazone groups is 1. The number of hydrogen-bond acceptors (Lipinski definition) is 6. The Hall–Kier alpha value is -3.91. The number of para-hydroxylation sites is 2. The van der Waals surface area contributed by atoms with Crippen molar-refractivity contribution in [2.24, 2.45) is 5.10 Å². The predicted molar refractivity (Wildman–Crippen MR) is 113 cm³/mol. The number of nitrogens with one attached hydrogen (secondary N) is 1. The van der Waals surface area contributed by atoms with Crippen LogP contribution >= 0.6 is 11.6 Å². The van der Waals surface area contributed by atoms with Gasteiger partial charge in [0.05, 0.1) is 28.8 Å². The van der Waals surface area contributed by atoms with Crippen LogP contribution in [-0.2, 0) is 0 Å². The molecule has 1 amide bonds. The van der Waals surface area contributed by atoms with Gasteiger partial charge in [-0.25, -0.2) is 5.43 Å². The van der Waals surface area contributed by atoms with Gasteiger partial charge < -0.3 is 9.47 Å². The molecule has 0 saturated carbocycles. The van der Waals surface area contributed by atoms with Gasteiger partial charge in [0.1, 0.15) is 0 Å². The number of halogens is 1. The number of hydrogen-bond donors (Lipinski definition) is 1. The molecule has 0 radical (unpaired) electrons. The predicted octanol–water partition coefficient (Wildman–Crippen LogP) is 4.81. The number of nitro benzene ring substituents is 1. The highest BCUT2D eigenvalue weighted by molar-refractivity contribution is 6.33. The van der Waals surface area contributed by atoms with Crippen LogP contribution in [-0.4, -0.2) is 24.2 Å². The molecule has 0 fully saturated rings. The van der Waals surface area contributed by atoms with Crippen molar-refractivity contribution in [1.29, 1.82) is 0 Å². The number of ether oxygens (including phenoxy) is 2. The average molecular weight is 426 g/mol. The molecule has 8 nitrogen and oxygen atoms in total. The fourth-order valence-corrected chi connectivity index (χ4v) is 2.75. The highest BCUT2D eigenvalue weighted by atomic mass is 35.5. The molecule has 0 aromatic heterocycles. The van der Waals surface area contributed by atoms with Crippen LogP contribution in [0.4, 0.5) is 5.69 Å². The number of carbonyl (C=O) groups is 1. The van der Waals surface area contributed by atoms with Gasteiger partial charge in [-0.3, -0.25) is 14.9 Å². The summed E-state index contributed by atoms with van der Waals surface area (Å²) in [5.74, 6) is 0.285. The Labute approximate surface area is 176 Å². The minimum absolute atomic E-state index is 0.0919. The van der Waals surface area contributed by atoms with E-state index in [1.165, 1.54) is 25.5 Å². The number of benzene rings is 3. The van der Waals surface area contributed by atoms with Crippen LogP contribution in [0, 0.1) is 10.1 Å². The maximum absolute atomic E-state index is 12.1. The molecule has 0 aliphatic carbocycles. The number of nitro groups is 1. The quantitative estimate of drug-likeness (QED) is 0.332. The summed E-state index contributed by atoms with van der Waals surface area (Å²) in [4.78, 5) is 22.7. The second kappa shape index (κ2) is 9.53. The molecule has 3 rings (SSSR count). The molecule has 152 valence electrons. The van der Waals surface area contributed by atoms with Crippen molar-refractivity contribution in [3.05, 3.63) is 93.0 Å². The lowest BCUT2D eigenvalue weighted by molar-refractivity contribution is -0.385. The van der Waals surface area contributed by atoms with Crippen molar-refractivity contribution in [3.63, 3.8) is 0 Å². The van der Waals surface area contributed by atoms with Crippen LogP contribution in [0.2, 0.25) is 5.02 Å². The Bertz CT molecular complexity index is 1120. The van der Waals surface area contributed by atoms with E-state index in [1.807, 2.05) is 0 Å². The van der Waals surface area contributed by atoms with Crippen LogP contribution in [0.5, 0.6) is 17.2 Å². The van der Waals surface area contributed by atoms with Gasteiger partial charge in [-0.1, -0.05) is 35.9 Å². The lowest BCUT2D eigenvalue weighted by Crippen LogP contribution is -2.17. The van der Waals surface area contributed by atoms with E-state index in [0.717, 1.165) is 0 Å². The van der Waals surface area contributed by atoms with Gasteiger partial charge in [0.25, 0.3) is 5.91 Å². The summed E-state index contributed by atoms with van der Waals surface area (Å²) in [6, 6.07) is 17.5. The number of rotatable bonds is 7. The second-order valence-corrected chi connectivity index (χ2v) is 6.32. The third kappa shape index (κ3) is 4.92. The standard InChI is InChI=1S/C21H16ClN3O5/c1-29-20-12-14(13-23-24-21(26)15-6-2-3-7-16(15)22)10-11-19(20)30-18-9-5-4-8-17(18)25(27)28/h2-13H,1H3,(H,24,26)/b23-13-. The molecule has 3 aromatic carbocycles. The highest BCUT2D eigenvalue weighted by Crippen LogP contribution is 2.36. The van der Waals surface area contributed by atoms with E-state index in [4.69, 9.17) is 21.1 Å². The minimum atomic E-state index is -0.523. The maximum Gasteiger partial charge on any atom is 0.311 e. The van der Waals surface area contributed by atoms with Gasteiger partial charge in [-0.15, -0.1) is 0 Å². The zero-order valence-electron chi connectivity index (χ0n) is 15.7. The van der Waals surface area contributed by atoms with Crippen molar-refractivity contribution in [1.82, 2.24) is 5.43 Å². The van der Waals surface area contributed by atoms with E-state index in [9.17, 15) is 14.9 Å². The van der Waals surface area contributed by atoms with E-state index in [1.54, 1.807) is 54.6 Å². The lowest BCUT2D eigenvalue weighted by Gasteiger charge is -2.11. The molecule has 30 heavy (non-hydrogen) atoms. The van der Waals surface area contributed by atoms with Gasteiger partial charge in [-0.05, 0) is 42.0 Å². The van der Waals surface area contributed by atoms with E-state index in [0.29, 0.717) is 27.6 Å². The summed E-state index contributed by atoms with van der Waals surface area (Å²) < 4.78 is 11.0. The van der Waals surface area contributed by atoms with E-state index in [-0.39, 0.29) is 11.4 Å². The summed E-state index contributed by atoms with van der Waals surface area (Å²) >= 11 is 5.98. The smallest absolute Gasteiger partial charge is 0.311 e. The molecule has 0 spiro atoms. The van der Waals surface area contributed by atoms with Crippen LogP contribution in [0.1, 0.15) is 15.9 Å². The molecule has 9 heteroatoms. The zero-order chi connectivity index (χ0) is 21.5. The molecule has 0 aliphatic heterocycles. The van der Waals surface area contributed by atoms with Gasteiger partial charge >= 0.3 is 5.69 Å². The monoisotopic (exact) mass is 425 g/mol. The highest BCUT2D eigenvalue weighted by Gasteiger charge is 2.16. The topological polar surface area (TPSA) is 103 Å². The summed E-state index contributed by atoms with van der Waals surface area (Å²) in [6.07, 6.45) is 1.42. The maximum atomic E-state index is 12.1. The molecule has 3 aromatic rings. The Balaban J connectivity index is 1.74. The molecular weight excluding hydrogens is 410 g/mol. The molecule has 0 heterocycles. The van der Waals surface area contributed by atoms with E-state index in [2.05, 4.69) is 10.5 Å². The van der Waals surface area contributed by atoms with Crippen molar-refractivity contribution in [3.8, 4) is 17.2 Å². The Morgan fingerprint density at radius 1 is 1.07 bits per heavy atom. The largest absolute Gasteiger partial charge is 0.493 e. The number of methoxy groups -OCH3 is 1. The number of amides is 1. The Morgan fingerprint density at radius 3 is 2.53 bits per heavy atom. The second-order valence-electron chi connectivity index (χ2n) is 5.92. The first-order chi connectivity index (χ1) is 14.5. The molecule has 0 bridgehead atoms. The van der Waals surface area contributed by atoms with Crippen LogP contribution in [0.15, 0.2) is 71.8 Å². The first kappa shape index (κ1) is 20.8. The normalized spacial score (nSPS) is 10.6. The Morgan fingerprint density at radius 2 is 1.80 bits per heavy atom. The number of carbonyl (C=O) groups excluding carboxylic acids is 1. The first-order valence-corrected chi connectivity index (χ1v) is 9.04. The summed E-state index contributed by atoms with van der Waals surface area (Å²) in [5.41, 5.74) is 3.16. The molecular formula is C21H16ClN3O5. The molecule has 0 unspecified atom stereocenters. The van der Waals surface area contributed by atoms with Crippen LogP contribution < -0.4 is 14.9 Å². The number of nitrogens with zero attached hydrogens (tertiary/aromatic N) is 2. The molecule has 0 atom stereocenters. The van der Waals surface area contributed by atoms with Gasteiger partial charge in [-0.2, -0.15) is 5.10 Å². The SMILES string of the molecule is COc1cc(/C=N\NC(=O)c2ccccc2Cl)ccc1Oc1ccccc1[N+](=O)[O-]. The molecule has 0 aliphatic rings. The summed E-state index contributed by atoms with van der Waals surface area (Å²) in [5, 5.41) is 15.4. The van der Waals surface area contributed by atoms with Crippen molar-refractivity contribution >= 4 is 29.4 Å². The third-order valence-corrected chi connectivity index (χ3v) is 4.30. The van der Waals surface area contributed by atoms with Crippen molar-refractivity contribution < 1.29 is 19.2 Å². The van der Waals surface area contributed by atoms with Crippen molar-refractivity contribution in [2.45, 2.75) is 0 Å². The fourth-order valence-electron chi connectivity index (χ4n) is 2.53. The van der Waals surface area contributed by atoms with Gasteiger partial charge in [0, 0.05) is 6.07 Å². The van der Waals surface area contributed by atoms with E-state index >= 15 is 0 Å². The average Bonchev–Trinajstić information content (AvgIpc) is 2.75. The molecule has 0 saturated heterocycles. The lowest BCUT2D eigenvalue weighted by atomic mass is 10.2. The fraction of sp³-hybridized carbons (Fsp3) is 0.0476. The van der Waals surface area contributed by atoms with Gasteiger partial charge in [0.15, 0.2) is 11.5 Å².